The van der Waals surface area contributed by atoms with Crippen molar-refractivity contribution in [1.82, 2.24) is 15.8 Å². The topological polar surface area (TPSA) is 97.0 Å². The summed E-state index contributed by atoms with van der Waals surface area (Å²) >= 11 is 0. The van der Waals surface area contributed by atoms with Crippen LogP contribution in [0.4, 0.5) is 8.78 Å². The average Bonchev–Trinajstić information content (AvgIpc) is 2.84. The van der Waals surface area contributed by atoms with Crippen LogP contribution in [0.25, 0.3) is 0 Å². The minimum Gasteiger partial charge on any atom is -0.493 e. The van der Waals surface area contributed by atoms with Crippen LogP contribution >= 0.6 is 0 Å². The Kier molecular flexibility index (Phi) is 7.33. The Morgan fingerprint density at radius 3 is 2.67 bits per heavy atom. The molecule has 0 unspecified atom stereocenters. The molecule has 1 heterocycles. The number of halogens is 2. The fourth-order valence-corrected chi connectivity index (χ4v) is 2.62. The number of nitrogens with zero attached hydrogens (tertiary/aromatic N) is 1. The molecule has 1 saturated heterocycles. The van der Waals surface area contributed by atoms with Gasteiger partial charge in [-0.1, -0.05) is 6.42 Å². The zero-order valence-corrected chi connectivity index (χ0v) is 14.8. The molecule has 1 aliphatic heterocycles. The Hall–Kier alpha value is -2.91. The van der Waals surface area contributed by atoms with Gasteiger partial charge in [-0.15, -0.1) is 0 Å². The van der Waals surface area contributed by atoms with E-state index in [0.29, 0.717) is 13.0 Å². The van der Waals surface area contributed by atoms with E-state index in [1.54, 1.807) is 0 Å². The van der Waals surface area contributed by atoms with E-state index >= 15 is 0 Å². The first kappa shape index (κ1) is 20.4. The molecule has 0 saturated carbocycles. The van der Waals surface area contributed by atoms with Crippen molar-refractivity contribution >= 4 is 17.7 Å². The maximum absolute atomic E-state index is 12.3. The molecule has 0 radical (unpaired) electrons. The molecule has 1 aromatic rings. The van der Waals surface area contributed by atoms with E-state index in [1.165, 1.54) is 24.1 Å². The highest BCUT2D eigenvalue weighted by atomic mass is 19.3. The predicted octanol–water partition coefficient (Wildman–Crippen LogP) is 1.46. The molecule has 10 heteroatoms. The van der Waals surface area contributed by atoms with E-state index in [4.69, 9.17) is 4.74 Å². The number of ether oxygens (including phenoxy) is 2. The number of benzene rings is 1. The van der Waals surface area contributed by atoms with E-state index in [-0.39, 0.29) is 29.5 Å². The first-order chi connectivity index (χ1) is 12.9. The van der Waals surface area contributed by atoms with Gasteiger partial charge in [0, 0.05) is 18.5 Å². The molecule has 0 bridgehead atoms. The van der Waals surface area contributed by atoms with Crippen molar-refractivity contribution in [2.75, 3.05) is 20.2 Å². The van der Waals surface area contributed by atoms with Gasteiger partial charge in [0.05, 0.1) is 7.11 Å². The summed E-state index contributed by atoms with van der Waals surface area (Å²) in [6, 6.07) is 3.62. The molecule has 0 spiro atoms. The lowest BCUT2D eigenvalue weighted by Crippen LogP contribution is -2.47. The van der Waals surface area contributed by atoms with Crippen molar-refractivity contribution in [2.45, 2.75) is 32.3 Å². The van der Waals surface area contributed by atoms with Gasteiger partial charge in [0.1, 0.15) is 6.54 Å². The highest BCUT2D eigenvalue weighted by Crippen LogP contribution is 2.29. The van der Waals surface area contributed by atoms with Crippen LogP contribution in [-0.2, 0) is 9.59 Å². The molecule has 27 heavy (non-hydrogen) atoms. The third-order valence-electron chi connectivity index (χ3n) is 3.96. The highest BCUT2D eigenvalue weighted by molar-refractivity contribution is 5.96. The third kappa shape index (κ3) is 6.08. The van der Waals surface area contributed by atoms with E-state index < -0.39 is 18.4 Å². The van der Waals surface area contributed by atoms with Gasteiger partial charge in [-0.25, -0.2) is 0 Å². The number of amides is 3. The monoisotopic (exact) mass is 385 g/mol. The smallest absolute Gasteiger partial charge is 0.387 e. The van der Waals surface area contributed by atoms with Gasteiger partial charge in [-0.2, -0.15) is 8.78 Å². The second kappa shape index (κ2) is 9.70. The summed E-state index contributed by atoms with van der Waals surface area (Å²) in [5.74, 6) is -1.57. The van der Waals surface area contributed by atoms with Crippen molar-refractivity contribution in [3.05, 3.63) is 23.8 Å². The van der Waals surface area contributed by atoms with Crippen LogP contribution in [0, 0.1) is 0 Å². The zero-order valence-electron chi connectivity index (χ0n) is 14.8. The van der Waals surface area contributed by atoms with Gasteiger partial charge in [0.2, 0.25) is 5.91 Å². The number of hydrazine groups is 1. The van der Waals surface area contributed by atoms with Crippen molar-refractivity contribution in [1.29, 1.82) is 0 Å². The number of hydrogen-bond acceptors (Lipinski definition) is 5. The van der Waals surface area contributed by atoms with Gasteiger partial charge < -0.3 is 14.4 Å². The van der Waals surface area contributed by atoms with Crippen LogP contribution in [-0.4, -0.2) is 49.4 Å². The van der Waals surface area contributed by atoms with Gasteiger partial charge in [-0.3, -0.25) is 25.2 Å². The van der Waals surface area contributed by atoms with Crippen molar-refractivity contribution in [2.24, 2.45) is 0 Å². The lowest BCUT2D eigenvalue weighted by Gasteiger charge is -2.19. The minimum atomic E-state index is -3.03. The van der Waals surface area contributed by atoms with Gasteiger partial charge in [0.25, 0.3) is 11.8 Å². The second-order valence-corrected chi connectivity index (χ2v) is 5.87. The molecule has 2 N–H and O–H groups in total. The number of nitrogens with one attached hydrogen (secondary N) is 2. The standard InChI is InChI=1S/C17H21F2N3O5/c1-26-13-9-11(6-7-12(13)27-17(18)19)16(25)21-20-14(23)10-22-8-4-2-3-5-15(22)24/h6-7,9,17H,2-5,8,10H2,1H3,(H,20,23)(H,21,25). The van der Waals surface area contributed by atoms with Gasteiger partial charge in [0.15, 0.2) is 11.5 Å². The molecule has 8 nitrogen and oxygen atoms in total. The van der Waals surface area contributed by atoms with Crippen LogP contribution in [0.15, 0.2) is 18.2 Å². The molecule has 0 aromatic heterocycles. The Bertz CT molecular complexity index is 699. The SMILES string of the molecule is COc1cc(C(=O)NNC(=O)CN2CCCCCC2=O)ccc1OC(F)F. The molecular weight excluding hydrogens is 364 g/mol. The van der Waals surface area contributed by atoms with Crippen molar-refractivity contribution < 1.29 is 32.6 Å². The van der Waals surface area contributed by atoms with Crippen LogP contribution in [0.2, 0.25) is 0 Å². The molecule has 1 aliphatic rings. The molecular formula is C17H21F2N3O5. The Morgan fingerprint density at radius 1 is 1.19 bits per heavy atom. The maximum Gasteiger partial charge on any atom is 0.387 e. The number of carbonyl (C=O) groups excluding carboxylic acids is 3. The first-order valence-corrected chi connectivity index (χ1v) is 8.40. The Balaban J connectivity index is 1.90. The summed E-state index contributed by atoms with van der Waals surface area (Å²) < 4.78 is 33.8. The van der Waals surface area contributed by atoms with E-state index in [1.807, 2.05) is 0 Å². The maximum atomic E-state index is 12.3. The highest BCUT2D eigenvalue weighted by Gasteiger charge is 2.20. The van der Waals surface area contributed by atoms with E-state index in [0.717, 1.165) is 25.3 Å². The molecule has 1 aromatic carbocycles. The zero-order chi connectivity index (χ0) is 19.8. The third-order valence-corrected chi connectivity index (χ3v) is 3.96. The summed E-state index contributed by atoms with van der Waals surface area (Å²) in [4.78, 5) is 37.4. The fourth-order valence-electron chi connectivity index (χ4n) is 2.62. The molecule has 0 atom stereocenters. The lowest BCUT2D eigenvalue weighted by atomic mass is 10.2. The molecule has 2 rings (SSSR count). The summed E-state index contributed by atoms with van der Waals surface area (Å²) in [6.07, 6.45) is 2.99. The minimum absolute atomic E-state index is 0.0514. The van der Waals surface area contributed by atoms with Crippen molar-refractivity contribution in [3.8, 4) is 11.5 Å². The van der Waals surface area contributed by atoms with Gasteiger partial charge in [-0.05, 0) is 31.0 Å². The number of rotatable bonds is 6. The van der Waals surface area contributed by atoms with E-state index in [9.17, 15) is 23.2 Å². The second-order valence-electron chi connectivity index (χ2n) is 5.87. The largest absolute Gasteiger partial charge is 0.493 e. The molecule has 0 aliphatic carbocycles. The lowest BCUT2D eigenvalue weighted by molar-refractivity contribution is -0.135. The molecule has 3 amide bonds. The normalized spacial score (nSPS) is 14.5. The number of hydrogen-bond donors (Lipinski definition) is 2. The summed E-state index contributed by atoms with van der Waals surface area (Å²) in [5.41, 5.74) is 4.51. The molecule has 148 valence electrons. The van der Waals surface area contributed by atoms with Gasteiger partial charge >= 0.3 is 6.61 Å². The number of alkyl halides is 2. The Labute approximate surface area is 154 Å². The van der Waals surface area contributed by atoms with Crippen molar-refractivity contribution in [3.63, 3.8) is 0 Å². The van der Waals surface area contributed by atoms with Crippen LogP contribution in [0.5, 0.6) is 11.5 Å². The molecule has 1 fully saturated rings. The van der Waals surface area contributed by atoms with E-state index in [2.05, 4.69) is 15.6 Å². The fraction of sp³-hybridized carbons (Fsp3) is 0.471. The predicted molar refractivity (Wildman–Crippen MR) is 90.3 cm³/mol. The van der Waals surface area contributed by atoms with Crippen LogP contribution in [0.1, 0.15) is 36.0 Å². The number of likely N-dealkylation sites (tertiary alicyclic amines) is 1. The first-order valence-electron chi connectivity index (χ1n) is 8.40. The summed E-state index contributed by atoms with van der Waals surface area (Å²) in [7, 11) is 1.25. The summed E-state index contributed by atoms with van der Waals surface area (Å²) in [5, 5.41) is 0. The Morgan fingerprint density at radius 2 is 1.96 bits per heavy atom. The average molecular weight is 385 g/mol. The quantitative estimate of drug-likeness (QED) is 0.723. The van der Waals surface area contributed by atoms with Crippen LogP contribution in [0.3, 0.4) is 0 Å². The number of carbonyl (C=O) groups is 3. The number of methoxy groups -OCH3 is 1. The summed E-state index contributed by atoms with van der Waals surface area (Å²) in [6.45, 7) is -2.67. The van der Waals surface area contributed by atoms with Crippen LogP contribution < -0.4 is 20.3 Å².